The number of ether oxygens (including phenoxy) is 2. The number of carbonyl (C=O) groups excluding carboxylic acids is 1. The Morgan fingerprint density at radius 2 is 1.65 bits per heavy atom. The molecular weight excluding hydrogens is 498 g/mol. The van der Waals surface area contributed by atoms with E-state index in [1.54, 1.807) is 14.2 Å². The van der Waals surface area contributed by atoms with Crippen LogP contribution in [0.25, 0.3) is 0 Å². The monoisotopic (exact) mass is 545 g/mol. The minimum atomic E-state index is -0.326. The molecule has 6 heteroatoms. The van der Waals surface area contributed by atoms with Gasteiger partial charge in [0.15, 0.2) is 0 Å². The molecule has 0 bridgehead atoms. The highest BCUT2D eigenvalue weighted by Gasteiger charge is 2.56. The Bertz CT molecular complexity index is 1270. The molecule has 3 aliphatic heterocycles. The third kappa shape index (κ3) is 5.16. The highest BCUT2D eigenvalue weighted by Crippen LogP contribution is 2.50. The number of hydrogen-bond donors (Lipinski definition) is 0. The van der Waals surface area contributed by atoms with E-state index < -0.39 is 0 Å². The van der Waals surface area contributed by atoms with Crippen molar-refractivity contribution in [2.45, 2.75) is 84.3 Å². The Balaban J connectivity index is 1.51. The van der Waals surface area contributed by atoms with Gasteiger partial charge in [0.2, 0.25) is 0 Å². The molecule has 0 aliphatic carbocycles. The first-order chi connectivity index (χ1) is 19.1. The van der Waals surface area contributed by atoms with E-state index in [0.717, 1.165) is 51.1 Å². The van der Waals surface area contributed by atoms with Gasteiger partial charge < -0.3 is 14.4 Å². The normalized spacial score (nSPS) is 19.9. The van der Waals surface area contributed by atoms with Gasteiger partial charge in [-0.1, -0.05) is 68.7 Å². The van der Waals surface area contributed by atoms with Crippen molar-refractivity contribution in [2.24, 2.45) is 0 Å². The van der Waals surface area contributed by atoms with E-state index in [1.807, 2.05) is 0 Å². The molecule has 3 heterocycles. The largest absolute Gasteiger partial charge is 0.496 e. The van der Waals surface area contributed by atoms with Crippen LogP contribution in [0.15, 0.2) is 42.1 Å². The van der Waals surface area contributed by atoms with Crippen LogP contribution in [-0.2, 0) is 29.7 Å². The van der Waals surface area contributed by atoms with E-state index in [2.05, 4.69) is 85.7 Å². The van der Waals surface area contributed by atoms with Gasteiger partial charge in [-0.05, 0) is 55.9 Å². The Hall–Kier alpha value is -2.83. The van der Waals surface area contributed by atoms with Crippen LogP contribution in [0.5, 0.6) is 5.75 Å². The number of methoxy groups -OCH3 is 2. The molecule has 2 amide bonds. The zero-order chi connectivity index (χ0) is 28.7. The van der Waals surface area contributed by atoms with Crippen molar-refractivity contribution in [3.63, 3.8) is 0 Å². The molecular formula is C34H47N3O3. The first-order valence-corrected chi connectivity index (χ1v) is 14.9. The van der Waals surface area contributed by atoms with Crippen molar-refractivity contribution in [2.75, 3.05) is 40.5 Å². The molecule has 0 saturated carbocycles. The molecule has 0 atom stereocenters. The number of aryl methyl sites for hydroxylation is 3. The smallest absolute Gasteiger partial charge is 0.325 e. The summed E-state index contributed by atoms with van der Waals surface area (Å²) in [5.41, 5.74) is 8.23. The lowest BCUT2D eigenvalue weighted by Crippen LogP contribution is -2.54. The molecule has 0 N–H and O–H groups in total. The maximum absolute atomic E-state index is 14.2. The van der Waals surface area contributed by atoms with E-state index in [-0.39, 0.29) is 17.0 Å². The summed E-state index contributed by atoms with van der Waals surface area (Å²) in [7, 11) is 3.49. The van der Waals surface area contributed by atoms with Crippen molar-refractivity contribution in [1.82, 2.24) is 14.7 Å². The lowest BCUT2D eigenvalue weighted by atomic mass is 9.76. The minimum absolute atomic E-state index is 0.106. The third-order valence-electron chi connectivity index (χ3n) is 9.11. The highest BCUT2D eigenvalue weighted by atomic mass is 16.5. The van der Waals surface area contributed by atoms with Crippen LogP contribution in [0.1, 0.15) is 73.4 Å². The van der Waals surface area contributed by atoms with Gasteiger partial charge in [0.25, 0.3) is 0 Å². The fourth-order valence-electron chi connectivity index (χ4n) is 7.47. The van der Waals surface area contributed by atoms with Gasteiger partial charge in [0.05, 0.1) is 25.8 Å². The Labute approximate surface area is 240 Å². The summed E-state index contributed by atoms with van der Waals surface area (Å²) < 4.78 is 11.5. The number of rotatable bonds is 8. The second-order valence-electron chi connectivity index (χ2n) is 12.7. The van der Waals surface area contributed by atoms with Crippen LogP contribution in [0.3, 0.4) is 0 Å². The number of likely N-dealkylation sites (tertiary alicyclic amines) is 1. The lowest BCUT2D eigenvalue weighted by Gasteiger charge is -2.45. The number of urea groups is 1. The lowest BCUT2D eigenvalue weighted by molar-refractivity contribution is 0.0668. The zero-order valence-electron chi connectivity index (χ0n) is 25.6. The Morgan fingerprint density at radius 3 is 2.27 bits per heavy atom. The summed E-state index contributed by atoms with van der Waals surface area (Å²) in [5, 5.41) is 0. The molecule has 2 aromatic rings. The third-order valence-corrected chi connectivity index (χ3v) is 9.11. The summed E-state index contributed by atoms with van der Waals surface area (Å²) in [6.45, 7) is 15.7. The fraction of sp³-hybridized carbons (Fsp3) is 0.559. The highest BCUT2D eigenvalue weighted by molar-refractivity contribution is 5.83. The maximum atomic E-state index is 14.2. The van der Waals surface area contributed by atoms with Crippen molar-refractivity contribution in [3.8, 4) is 5.75 Å². The number of piperidine rings is 1. The summed E-state index contributed by atoms with van der Waals surface area (Å²) in [5.74, 6) is 0.935. The molecule has 2 aromatic carbocycles. The van der Waals surface area contributed by atoms with Crippen LogP contribution in [0.2, 0.25) is 0 Å². The molecule has 0 unspecified atom stereocenters. The van der Waals surface area contributed by atoms with Crippen molar-refractivity contribution in [1.29, 1.82) is 0 Å². The molecule has 6 nitrogen and oxygen atoms in total. The van der Waals surface area contributed by atoms with Gasteiger partial charge in [-0.2, -0.15) is 0 Å². The Kier molecular flexibility index (Phi) is 8.04. The van der Waals surface area contributed by atoms with Crippen molar-refractivity contribution in [3.05, 3.63) is 75.5 Å². The SMILES string of the molecule is CCCc1cc2c(c(OC)c1)C(C)(C)C=C1N(C2)C(=O)N(CCOC)C12CCN(Cc1cc(C)cc(C)c1)CC2. The standard InChI is InChI=1S/C34H47N3O3/c1-8-9-26-19-28-23-36-30(21-33(4,5)31(28)29(20-26)40-7)34(37(32(36)38)14-15-39-6)10-12-35(13-11-34)22-27-17-24(2)16-25(3)18-27/h16-21H,8-15,22-23H2,1-7H3. The number of carbonyl (C=O) groups is 1. The molecule has 2 saturated heterocycles. The van der Waals surface area contributed by atoms with Crippen molar-refractivity contribution >= 4 is 6.03 Å². The van der Waals surface area contributed by atoms with Crippen LogP contribution in [0, 0.1) is 13.8 Å². The Morgan fingerprint density at radius 1 is 0.950 bits per heavy atom. The number of nitrogens with zero attached hydrogens (tertiary/aromatic N) is 3. The second kappa shape index (κ2) is 11.2. The maximum Gasteiger partial charge on any atom is 0.325 e. The minimum Gasteiger partial charge on any atom is -0.496 e. The second-order valence-corrected chi connectivity index (χ2v) is 12.7. The van der Waals surface area contributed by atoms with Crippen LogP contribution < -0.4 is 4.74 Å². The topological polar surface area (TPSA) is 45.3 Å². The predicted molar refractivity (Wildman–Crippen MR) is 161 cm³/mol. The van der Waals surface area contributed by atoms with E-state index in [4.69, 9.17) is 9.47 Å². The van der Waals surface area contributed by atoms with Gasteiger partial charge >= 0.3 is 6.03 Å². The van der Waals surface area contributed by atoms with Gasteiger partial charge in [-0.3, -0.25) is 9.80 Å². The van der Waals surface area contributed by atoms with Gasteiger partial charge in [-0.25, -0.2) is 4.79 Å². The summed E-state index contributed by atoms with van der Waals surface area (Å²) >= 11 is 0. The van der Waals surface area contributed by atoms with Gasteiger partial charge in [-0.15, -0.1) is 0 Å². The fourth-order valence-corrected chi connectivity index (χ4v) is 7.47. The first kappa shape index (κ1) is 28.7. The summed E-state index contributed by atoms with van der Waals surface area (Å²) in [6, 6.07) is 11.5. The van der Waals surface area contributed by atoms with Gasteiger partial charge in [0, 0.05) is 50.0 Å². The van der Waals surface area contributed by atoms with E-state index in [9.17, 15) is 4.79 Å². The number of benzene rings is 2. The van der Waals surface area contributed by atoms with Crippen LogP contribution >= 0.6 is 0 Å². The summed E-state index contributed by atoms with van der Waals surface area (Å²) in [4.78, 5) is 21.0. The molecule has 0 radical (unpaired) electrons. The zero-order valence-corrected chi connectivity index (χ0v) is 25.6. The molecule has 2 fully saturated rings. The summed E-state index contributed by atoms with van der Waals surface area (Å²) in [6.07, 6.45) is 6.29. The van der Waals surface area contributed by atoms with E-state index >= 15 is 0 Å². The molecule has 216 valence electrons. The number of fused-ring (bicyclic) bond motifs is 3. The van der Waals surface area contributed by atoms with Crippen LogP contribution in [0.4, 0.5) is 4.79 Å². The van der Waals surface area contributed by atoms with E-state index in [0.29, 0.717) is 19.7 Å². The van der Waals surface area contributed by atoms with E-state index in [1.165, 1.54) is 39.1 Å². The molecule has 40 heavy (non-hydrogen) atoms. The van der Waals surface area contributed by atoms with Crippen LogP contribution in [-0.4, -0.2) is 66.7 Å². The quantitative estimate of drug-likeness (QED) is 0.387. The van der Waals surface area contributed by atoms with Gasteiger partial charge in [0.1, 0.15) is 5.75 Å². The molecule has 5 rings (SSSR count). The molecule has 3 aliphatic rings. The average Bonchev–Trinajstić information content (AvgIpc) is 3.00. The number of hydrogen-bond acceptors (Lipinski definition) is 4. The average molecular weight is 546 g/mol. The number of allylic oxidation sites excluding steroid dienone is 1. The molecule has 1 spiro atoms. The first-order valence-electron chi connectivity index (χ1n) is 14.9. The van der Waals surface area contributed by atoms with Crippen molar-refractivity contribution < 1.29 is 14.3 Å². The number of amides is 2. The predicted octanol–water partition coefficient (Wildman–Crippen LogP) is 6.36. The molecule has 0 aromatic heterocycles.